The van der Waals surface area contributed by atoms with Gasteiger partial charge in [-0.15, -0.1) is 0 Å². The highest BCUT2D eigenvalue weighted by Crippen LogP contribution is 2.18. The lowest BCUT2D eigenvalue weighted by Crippen LogP contribution is -2.49. The summed E-state index contributed by atoms with van der Waals surface area (Å²) in [6.07, 6.45) is 4.18. The van der Waals surface area contributed by atoms with Gasteiger partial charge in [0, 0.05) is 63.6 Å². The van der Waals surface area contributed by atoms with E-state index in [0.29, 0.717) is 18.6 Å². The Morgan fingerprint density at radius 3 is 2.67 bits per heavy atom. The summed E-state index contributed by atoms with van der Waals surface area (Å²) >= 11 is 0. The van der Waals surface area contributed by atoms with Crippen LogP contribution in [0.15, 0.2) is 23.3 Å². The van der Waals surface area contributed by atoms with Crippen molar-refractivity contribution >= 4 is 11.8 Å². The normalized spacial score (nSPS) is 20.1. The van der Waals surface area contributed by atoms with Crippen molar-refractivity contribution in [2.75, 3.05) is 51.3 Å². The van der Waals surface area contributed by atoms with Crippen molar-refractivity contribution < 1.29 is 4.74 Å². The molecule has 0 bridgehead atoms. The second kappa shape index (κ2) is 9.90. The van der Waals surface area contributed by atoms with Crippen LogP contribution in [0.1, 0.15) is 32.3 Å². The molecule has 2 aliphatic rings. The monoisotopic (exact) mass is 374 g/mol. The van der Waals surface area contributed by atoms with Crippen LogP contribution in [-0.2, 0) is 11.3 Å². The van der Waals surface area contributed by atoms with Crippen LogP contribution in [0.4, 0.5) is 5.82 Å². The minimum Gasteiger partial charge on any atom is -0.378 e. The lowest BCUT2D eigenvalue weighted by molar-refractivity contribution is 0.122. The van der Waals surface area contributed by atoms with Gasteiger partial charge in [0.1, 0.15) is 5.82 Å². The highest BCUT2D eigenvalue weighted by atomic mass is 16.5. The first-order valence-electron chi connectivity index (χ1n) is 10.1. The third-order valence-corrected chi connectivity index (χ3v) is 5.45. The number of hydrogen-bond donors (Lipinski definition) is 2. The molecule has 0 atom stereocenters. The summed E-state index contributed by atoms with van der Waals surface area (Å²) in [5.41, 5.74) is 1.19. The molecule has 0 radical (unpaired) electrons. The molecule has 1 aromatic rings. The zero-order valence-corrected chi connectivity index (χ0v) is 16.9. The van der Waals surface area contributed by atoms with Crippen molar-refractivity contribution in [3.05, 3.63) is 23.9 Å². The van der Waals surface area contributed by atoms with Crippen molar-refractivity contribution in [1.29, 1.82) is 0 Å². The number of hydrogen-bond acceptors (Lipinski definition) is 5. The van der Waals surface area contributed by atoms with E-state index in [1.54, 1.807) is 0 Å². The number of anilines is 1. The molecule has 3 rings (SSSR count). The molecule has 150 valence electrons. The van der Waals surface area contributed by atoms with E-state index in [0.717, 1.165) is 64.0 Å². The summed E-state index contributed by atoms with van der Waals surface area (Å²) in [5, 5.41) is 7.07. The first-order valence-corrected chi connectivity index (χ1v) is 10.1. The average molecular weight is 375 g/mol. The Morgan fingerprint density at radius 1 is 1.26 bits per heavy atom. The van der Waals surface area contributed by atoms with Crippen LogP contribution in [0.5, 0.6) is 0 Å². The predicted octanol–water partition coefficient (Wildman–Crippen LogP) is 1.46. The van der Waals surface area contributed by atoms with E-state index in [2.05, 4.69) is 50.3 Å². The number of ether oxygens (including phenoxy) is 1. The Bertz CT molecular complexity index is 606. The van der Waals surface area contributed by atoms with E-state index in [9.17, 15) is 0 Å². The number of nitrogens with zero attached hydrogens (tertiary/aromatic N) is 4. The molecule has 0 aromatic carbocycles. The second-order valence-corrected chi connectivity index (χ2v) is 7.56. The fraction of sp³-hybridized carbons (Fsp3) is 0.700. The molecule has 27 heavy (non-hydrogen) atoms. The molecule has 2 saturated heterocycles. The SMILES string of the molecule is CN=C(NCc1cccnc1N1CCOCC1)NC1CCN(C(C)C)CC1. The van der Waals surface area contributed by atoms with Gasteiger partial charge in [-0.3, -0.25) is 4.99 Å². The molecule has 0 spiro atoms. The molecule has 0 amide bonds. The van der Waals surface area contributed by atoms with Crippen LogP contribution in [0, 0.1) is 0 Å². The van der Waals surface area contributed by atoms with E-state index in [-0.39, 0.29) is 0 Å². The molecule has 2 fully saturated rings. The molecule has 3 heterocycles. The van der Waals surface area contributed by atoms with Gasteiger partial charge >= 0.3 is 0 Å². The molecular formula is C20H34N6O. The lowest BCUT2D eigenvalue weighted by Gasteiger charge is -2.35. The predicted molar refractivity (Wildman–Crippen MR) is 110 cm³/mol. The fourth-order valence-electron chi connectivity index (χ4n) is 3.76. The molecular weight excluding hydrogens is 340 g/mol. The van der Waals surface area contributed by atoms with Crippen molar-refractivity contribution in [2.24, 2.45) is 4.99 Å². The Labute approximate surface area is 163 Å². The van der Waals surface area contributed by atoms with Crippen LogP contribution in [-0.4, -0.2) is 74.4 Å². The van der Waals surface area contributed by atoms with Crippen molar-refractivity contribution in [3.8, 4) is 0 Å². The summed E-state index contributed by atoms with van der Waals surface area (Å²) in [6.45, 7) is 10.9. The quantitative estimate of drug-likeness (QED) is 0.601. The third-order valence-electron chi connectivity index (χ3n) is 5.45. The van der Waals surface area contributed by atoms with Gasteiger partial charge in [0.25, 0.3) is 0 Å². The minimum atomic E-state index is 0.485. The summed E-state index contributed by atoms with van der Waals surface area (Å²) in [5.74, 6) is 1.92. The maximum atomic E-state index is 5.47. The zero-order chi connectivity index (χ0) is 19.1. The summed E-state index contributed by atoms with van der Waals surface area (Å²) in [6, 6.07) is 5.25. The fourth-order valence-corrected chi connectivity index (χ4v) is 3.76. The van der Waals surface area contributed by atoms with Gasteiger partial charge in [-0.2, -0.15) is 0 Å². The number of likely N-dealkylation sites (tertiary alicyclic amines) is 1. The van der Waals surface area contributed by atoms with Crippen molar-refractivity contribution in [1.82, 2.24) is 20.5 Å². The summed E-state index contributed by atoms with van der Waals surface area (Å²) < 4.78 is 5.47. The van der Waals surface area contributed by atoms with Crippen LogP contribution >= 0.6 is 0 Å². The molecule has 0 saturated carbocycles. The van der Waals surface area contributed by atoms with E-state index < -0.39 is 0 Å². The van der Waals surface area contributed by atoms with E-state index in [1.165, 1.54) is 5.56 Å². The number of rotatable bonds is 5. The average Bonchev–Trinajstić information content (AvgIpc) is 2.72. The molecule has 2 aliphatic heterocycles. The number of aliphatic imine (C=N–C) groups is 1. The third kappa shape index (κ3) is 5.56. The second-order valence-electron chi connectivity index (χ2n) is 7.56. The minimum absolute atomic E-state index is 0.485. The van der Waals surface area contributed by atoms with Crippen LogP contribution in [0.2, 0.25) is 0 Å². The van der Waals surface area contributed by atoms with Gasteiger partial charge in [-0.1, -0.05) is 6.07 Å². The number of morpholine rings is 1. The maximum Gasteiger partial charge on any atom is 0.191 e. The van der Waals surface area contributed by atoms with Gasteiger partial charge < -0.3 is 25.2 Å². The van der Waals surface area contributed by atoms with Crippen molar-refractivity contribution in [2.45, 2.75) is 45.3 Å². The number of nitrogens with one attached hydrogen (secondary N) is 2. The lowest BCUT2D eigenvalue weighted by atomic mass is 10.0. The molecule has 2 N–H and O–H groups in total. The number of aromatic nitrogens is 1. The Balaban J connectivity index is 1.53. The summed E-state index contributed by atoms with van der Waals surface area (Å²) in [4.78, 5) is 13.9. The standard InChI is InChI=1S/C20H34N6O/c1-16(2)25-9-6-18(7-10-25)24-20(21-3)23-15-17-5-4-8-22-19(17)26-11-13-27-14-12-26/h4-5,8,16,18H,6-7,9-15H2,1-3H3,(H2,21,23,24). The number of piperidine rings is 1. The van der Waals surface area contributed by atoms with Gasteiger partial charge in [-0.25, -0.2) is 4.98 Å². The van der Waals surface area contributed by atoms with E-state index >= 15 is 0 Å². The van der Waals surface area contributed by atoms with Crippen LogP contribution < -0.4 is 15.5 Å². The smallest absolute Gasteiger partial charge is 0.191 e. The van der Waals surface area contributed by atoms with Crippen molar-refractivity contribution in [3.63, 3.8) is 0 Å². The maximum absolute atomic E-state index is 5.47. The number of guanidine groups is 1. The molecule has 0 unspecified atom stereocenters. The van der Waals surface area contributed by atoms with Crippen LogP contribution in [0.3, 0.4) is 0 Å². The molecule has 7 nitrogen and oxygen atoms in total. The first kappa shape index (κ1) is 19.9. The summed E-state index contributed by atoms with van der Waals surface area (Å²) in [7, 11) is 1.84. The van der Waals surface area contributed by atoms with Gasteiger partial charge in [0.05, 0.1) is 13.2 Å². The van der Waals surface area contributed by atoms with Gasteiger partial charge in [0.2, 0.25) is 0 Å². The van der Waals surface area contributed by atoms with E-state index in [4.69, 9.17) is 4.74 Å². The molecule has 7 heteroatoms. The highest BCUT2D eigenvalue weighted by molar-refractivity contribution is 5.80. The molecule has 0 aliphatic carbocycles. The largest absolute Gasteiger partial charge is 0.378 e. The van der Waals surface area contributed by atoms with E-state index in [1.807, 2.05) is 19.3 Å². The Morgan fingerprint density at radius 2 is 2.00 bits per heavy atom. The van der Waals surface area contributed by atoms with Crippen LogP contribution in [0.25, 0.3) is 0 Å². The highest BCUT2D eigenvalue weighted by Gasteiger charge is 2.21. The molecule has 1 aromatic heterocycles. The first-order chi connectivity index (χ1) is 13.2. The number of pyridine rings is 1. The van der Waals surface area contributed by atoms with Gasteiger partial charge in [0.15, 0.2) is 5.96 Å². The Kier molecular flexibility index (Phi) is 7.29. The van der Waals surface area contributed by atoms with Gasteiger partial charge in [-0.05, 0) is 32.8 Å². The zero-order valence-electron chi connectivity index (χ0n) is 16.9. The Hall–Kier alpha value is -1.86. The topological polar surface area (TPSA) is 65.0 Å².